The Balaban J connectivity index is 1.71. The maximum Gasteiger partial charge on any atom is 0.233 e. The van der Waals surface area contributed by atoms with E-state index in [4.69, 9.17) is 4.74 Å². The second-order valence-electron chi connectivity index (χ2n) is 4.37. The molecule has 100 valence electrons. The van der Waals surface area contributed by atoms with Crippen molar-refractivity contribution < 1.29 is 9.13 Å². The van der Waals surface area contributed by atoms with Gasteiger partial charge >= 0.3 is 0 Å². The van der Waals surface area contributed by atoms with Gasteiger partial charge in [-0.25, -0.2) is 4.39 Å². The summed E-state index contributed by atoms with van der Waals surface area (Å²) < 4.78 is 18.9. The topological polar surface area (TPSA) is 37.9 Å². The van der Waals surface area contributed by atoms with E-state index in [0.29, 0.717) is 11.4 Å². The molecule has 20 heavy (non-hydrogen) atoms. The Kier molecular flexibility index (Phi) is 3.46. The van der Waals surface area contributed by atoms with Crippen LogP contribution >= 0.6 is 0 Å². The van der Waals surface area contributed by atoms with Gasteiger partial charge in [-0.1, -0.05) is 48.5 Å². The third-order valence-electron chi connectivity index (χ3n) is 2.97. The fraction of sp³-hybridized carbons (Fsp3) is 0.0625. The van der Waals surface area contributed by atoms with Crippen molar-refractivity contribution in [2.45, 2.75) is 6.61 Å². The van der Waals surface area contributed by atoms with Crippen molar-refractivity contribution >= 4 is 0 Å². The van der Waals surface area contributed by atoms with E-state index in [1.54, 1.807) is 24.3 Å². The molecule has 0 bridgehead atoms. The Bertz CT molecular complexity index is 694. The lowest BCUT2D eigenvalue weighted by Crippen LogP contribution is -1.98. The van der Waals surface area contributed by atoms with Crippen LogP contribution in [0.15, 0.2) is 60.7 Å². The number of nitrogens with zero attached hydrogens (tertiary/aromatic N) is 1. The van der Waals surface area contributed by atoms with Crippen LogP contribution in [-0.2, 0) is 6.61 Å². The third kappa shape index (κ3) is 2.69. The minimum Gasteiger partial charge on any atom is -0.472 e. The molecule has 0 unspecified atom stereocenters. The molecule has 0 aliphatic heterocycles. The van der Waals surface area contributed by atoms with E-state index >= 15 is 0 Å². The number of benzene rings is 2. The molecule has 0 saturated heterocycles. The maximum atomic E-state index is 13.5. The van der Waals surface area contributed by atoms with Crippen molar-refractivity contribution in [2.24, 2.45) is 0 Å². The summed E-state index contributed by atoms with van der Waals surface area (Å²) >= 11 is 0. The van der Waals surface area contributed by atoms with E-state index in [2.05, 4.69) is 10.2 Å². The predicted molar refractivity (Wildman–Crippen MR) is 74.8 cm³/mol. The summed E-state index contributed by atoms with van der Waals surface area (Å²) in [5.74, 6) is 0.179. The molecule has 0 atom stereocenters. The van der Waals surface area contributed by atoms with Gasteiger partial charge < -0.3 is 4.74 Å². The van der Waals surface area contributed by atoms with Crippen LogP contribution in [0.2, 0.25) is 0 Å². The average molecular weight is 268 g/mol. The summed E-state index contributed by atoms with van der Waals surface area (Å²) in [5.41, 5.74) is 2.41. The number of hydrogen-bond donors (Lipinski definition) is 1. The van der Waals surface area contributed by atoms with Crippen LogP contribution in [0.3, 0.4) is 0 Å². The summed E-state index contributed by atoms with van der Waals surface area (Å²) in [7, 11) is 0. The van der Waals surface area contributed by atoms with E-state index in [-0.39, 0.29) is 12.4 Å². The van der Waals surface area contributed by atoms with E-state index < -0.39 is 0 Å². The highest BCUT2D eigenvalue weighted by atomic mass is 19.1. The van der Waals surface area contributed by atoms with E-state index in [1.807, 2.05) is 30.3 Å². The van der Waals surface area contributed by atoms with Crippen LogP contribution in [0.4, 0.5) is 4.39 Å². The minimum atomic E-state index is -0.272. The highest BCUT2D eigenvalue weighted by molar-refractivity contribution is 5.59. The highest BCUT2D eigenvalue weighted by Gasteiger charge is 2.06. The Morgan fingerprint density at radius 1 is 1.00 bits per heavy atom. The first kappa shape index (κ1) is 12.4. The Labute approximate surface area is 116 Å². The molecule has 0 spiro atoms. The number of halogens is 1. The highest BCUT2D eigenvalue weighted by Crippen LogP contribution is 2.21. The SMILES string of the molecule is Fc1ccccc1COc1cc(-c2ccccc2)[nH]n1. The molecular formula is C16H13FN2O. The first-order valence-electron chi connectivity index (χ1n) is 6.30. The van der Waals surface area contributed by atoms with Gasteiger partial charge in [0.25, 0.3) is 0 Å². The van der Waals surface area contributed by atoms with E-state index in [9.17, 15) is 4.39 Å². The fourth-order valence-electron chi connectivity index (χ4n) is 1.91. The largest absolute Gasteiger partial charge is 0.472 e. The van der Waals surface area contributed by atoms with E-state index in [0.717, 1.165) is 11.3 Å². The number of H-pyrrole nitrogens is 1. The third-order valence-corrected chi connectivity index (χ3v) is 2.97. The standard InChI is InChI=1S/C16H13FN2O/c17-14-9-5-4-8-13(14)11-20-16-10-15(18-19-16)12-6-2-1-3-7-12/h1-10H,11H2,(H,18,19). The molecule has 2 aromatic carbocycles. The molecule has 0 fully saturated rings. The molecule has 0 amide bonds. The van der Waals surface area contributed by atoms with Gasteiger partial charge in [-0.2, -0.15) is 0 Å². The first-order valence-corrected chi connectivity index (χ1v) is 6.30. The molecule has 0 radical (unpaired) electrons. The van der Waals surface area contributed by atoms with Crippen LogP contribution in [-0.4, -0.2) is 10.2 Å². The number of nitrogens with one attached hydrogen (secondary N) is 1. The molecule has 0 saturated carbocycles. The lowest BCUT2D eigenvalue weighted by atomic mass is 10.2. The van der Waals surface area contributed by atoms with Crippen LogP contribution in [0.1, 0.15) is 5.56 Å². The Morgan fingerprint density at radius 2 is 1.75 bits per heavy atom. The summed E-state index contributed by atoms with van der Waals surface area (Å²) in [6, 6.07) is 18.2. The summed E-state index contributed by atoms with van der Waals surface area (Å²) in [4.78, 5) is 0. The monoisotopic (exact) mass is 268 g/mol. The number of hydrogen-bond acceptors (Lipinski definition) is 2. The van der Waals surface area contributed by atoms with Gasteiger partial charge in [0, 0.05) is 11.6 Å². The summed E-state index contributed by atoms with van der Waals surface area (Å²) in [6.07, 6.45) is 0. The number of aromatic amines is 1. The molecule has 3 aromatic rings. The van der Waals surface area contributed by atoms with Crippen LogP contribution in [0.5, 0.6) is 5.88 Å². The average Bonchev–Trinajstić information content (AvgIpc) is 2.96. The molecule has 1 N–H and O–H groups in total. The van der Waals surface area contributed by atoms with Crippen molar-refractivity contribution in [3.8, 4) is 17.1 Å². The second-order valence-corrected chi connectivity index (χ2v) is 4.37. The van der Waals surface area contributed by atoms with Crippen LogP contribution in [0, 0.1) is 5.82 Å². The first-order chi connectivity index (χ1) is 9.83. The van der Waals surface area contributed by atoms with Crippen molar-refractivity contribution in [1.29, 1.82) is 0 Å². The fourth-order valence-corrected chi connectivity index (χ4v) is 1.91. The molecule has 4 heteroatoms. The zero-order chi connectivity index (χ0) is 13.8. The molecule has 3 nitrogen and oxygen atoms in total. The number of ether oxygens (including phenoxy) is 1. The Hall–Kier alpha value is -2.62. The molecular weight excluding hydrogens is 255 g/mol. The summed E-state index contributed by atoms with van der Waals surface area (Å²) in [6.45, 7) is 0.158. The van der Waals surface area contributed by atoms with Crippen molar-refractivity contribution in [1.82, 2.24) is 10.2 Å². The molecule has 0 aliphatic carbocycles. The predicted octanol–water partition coefficient (Wildman–Crippen LogP) is 3.79. The van der Waals surface area contributed by atoms with Gasteiger partial charge in [-0.3, -0.25) is 5.10 Å². The number of aromatic nitrogens is 2. The van der Waals surface area contributed by atoms with Crippen LogP contribution in [0.25, 0.3) is 11.3 Å². The molecule has 3 rings (SSSR count). The number of rotatable bonds is 4. The molecule has 1 aromatic heterocycles. The van der Waals surface area contributed by atoms with Gasteiger partial charge in [0.05, 0.1) is 5.69 Å². The van der Waals surface area contributed by atoms with Gasteiger partial charge in [-0.05, 0) is 11.6 Å². The second kappa shape index (κ2) is 5.57. The van der Waals surface area contributed by atoms with Gasteiger partial charge in [0.2, 0.25) is 5.88 Å². The normalized spacial score (nSPS) is 10.4. The molecule has 1 heterocycles. The van der Waals surface area contributed by atoms with Crippen molar-refractivity contribution in [3.63, 3.8) is 0 Å². The Morgan fingerprint density at radius 3 is 2.55 bits per heavy atom. The van der Waals surface area contributed by atoms with Gasteiger partial charge in [0.15, 0.2) is 0 Å². The lowest BCUT2D eigenvalue weighted by Gasteiger charge is -2.03. The van der Waals surface area contributed by atoms with Crippen LogP contribution < -0.4 is 4.74 Å². The maximum absolute atomic E-state index is 13.5. The minimum absolute atomic E-state index is 0.158. The van der Waals surface area contributed by atoms with Gasteiger partial charge in [-0.15, -0.1) is 5.10 Å². The smallest absolute Gasteiger partial charge is 0.233 e. The lowest BCUT2D eigenvalue weighted by molar-refractivity contribution is 0.287. The quantitative estimate of drug-likeness (QED) is 0.781. The van der Waals surface area contributed by atoms with Gasteiger partial charge in [0.1, 0.15) is 12.4 Å². The van der Waals surface area contributed by atoms with E-state index in [1.165, 1.54) is 6.07 Å². The zero-order valence-corrected chi connectivity index (χ0v) is 10.7. The molecule has 0 aliphatic rings. The van der Waals surface area contributed by atoms with Crippen molar-refractivity contribution in [2.75, 3.05) is 0 Å². The summed E-state index contributed by atoms with van der Waals surface area (Å²) in [5, 5.41) is 6.97. The zero-order valence-electron chi connectivity index (χ0n) is 10.7. The van der Waals surface area contributed by atoms with Crippen molar-refractivity contribution in [3.05, 3.63) is 72.0 Å².